The summed E-state index contributed by atoms with van der Waals surface area (Å²) in [5.41, 5.74) is 0. The summed E-state index contributed by atoms with van der Waals surface area (Å²) in [4.78, 5) is 5.15. The van der Waals surface area contributed by atoms with E-state index < -0.39 is 21.4 Å². The Morgan fingerprint density at radius 1 is 0.750 bits per heavy atom. The van der Waals surface area contributed by atoms with Crippen molar-refractivity contribution in [1.82, 2.24) is 9.80 Å². The SMILES string of the molecule is CCCN(C)CC[CH2][In]([CH2]C)[CH2]CCN(CC)CCC. The van der Waals surface area contributed by atoms with Gasteiger partial charge in [0.25, 0.3) is 0 Å². The zero-order valence-corrected chi connectivity index (χ0v) is 18.3. The summed E-state index contributed by atoms with van der Waals surface area (Å²) in [6, 6.07) is 0. The first-order valence-electron chi connectivity index (χ1n) is 9.08. The predicted octanol–water partition coefficient (Wildman–Crippen LogP) is 4.36. The van der Waals surface area contributed by atoms with Crippen molar-refractivity contribution < 1.29 is 0 Å². The van der Waals surface area contributed by atoms with Crippen LogP contribution in [0.25, 0.3) is 0 Å². The molecule has 0 aliphatic carbocycles. The van der Waals surface area contributed by atoms with Crippen LogP contribution in [-0.2, 0) is 0 Å². The molecule has 0 fully saturated rings. The minimum absolute atomic E-state index is 1.14. The molecule has 0 N–H and O–H groups in total. The molecule has 3 heteroatoms. The second-order valence-electron chi connectivity index (χ2n) is 6.30. The van der Waals surface area contributed by atoms with Gasteiger partial charge < -0.3 is 0 Å². The summed E-state index contributed by atoms with van der Waals surface area (Å²) in [5, 5.41) is 0. The molecule has 120 valence electrons. The second-order valence-corrected chi connectivity index (χ2v) is 16.9. The van der Waals surface area contributed by atoms with Crippen molar-refractivity contribution in [3.8, 4) is 0 Å². The first-order chi connectivity index (χ1) is 9.67. The fraction of sp³-hybridized carbons (Fsp3) is 1.00. The van der Waals surface area contributed by atoms with Gasteiger partial charge in [-0.05, 0) is 0 Å². The van der Waals surface area contributed by atoms with Gasteiger partial charge in [-0.3, -0.25) is 0 Å². The molecule has 0 amide bonds. The van der Waals surface area contributed by atoms with Crippen molar-refractivity contribution in [1.29, 1.82) is 0 Å². The summed E-state index contributed by atoms with van der Waals surface area (Å²) in [6.07, 6.45) is 5.55. The Kier molecular flexibility index (Phi) is 15.3. The molecule has 0 saturated heterocycles. The second kappa shape index (κ2) is 14.7. The Morgan fingerprint density at radius 3 is 1.85 bits per heavy atom. The van der Waals surface area contributed by atoms with Gasteiger partial charge in [-0.15, -0.1) is 0 Å². The molecule has 0 rings (SSSR count). The molecule has 0 aliphatic heterocycles. The molecule has 0 unspecified atom stereocenters. The van der Waals surface area contributed by atoms with Crippen molar-refractivity contribution >= 4 is 21.4 Å². The Bertz CT molecular complexity index is 199. The van der Waals surface area contributed by atoms with Crippen LogP contribution in [0.15, 0.2) is 0 Å². The van der Waals surface area contributed by atoms with Gasteiger partial charge in [0, 0.05) is 0 Å². The van der Waals surface area contributed by atoms with Gasteiger partial charge in [-0.1, -0.05) is 0 Å². The fourth-order valence-electron chi connectivity index (χ4n) is 3.04. The Hall–Kier alpha value is 0.790. The summed E-state index contributed by atoms with van der Waals surface area (Å²) in [6.45, 7) is 15.8. The molecular weight excluding hydrogens is 347 g/mol. The normalized spacial score (nSPS) is 11.6. The first-order valence-corrected chi connectivity index (χ1v) is 16.1. The van der Waals surface area contributed by atoms with Crippen LogP contribution in [0.3, 0.4) is 0 Å². The molecule has 0 atom stereocenters. The van der Waals surface area contributed by atoms with E-state index in [0.29, 0.717) is 0 Å². The first kappa shape index (κ1) is 20.8. The third kappa shape index (κ3) is 11.4. The van der Waals surface area contributed by atoms with E-state index in [1.54, 1.807) is 12.5 Å². The zero-order valence-electron chi connectivity index (χ0n) is 15.0. The molecule has 0 aromatic carbocycles. The fourth-order valence-corrected chi connectivity index (χ4v) is 10.5. The Morgan fingerprint density at radius 2 is 1.35 bits per heavy atom. The summed E-state index contributed by atoms with van der Waals surface area (Å²) in [7, 11) is 2.28. The van der Waals surface area contributed by atoms with Crippen LogP contribution in [0.1, 0.15) is 53.4 Å². The van der Waals surface area contributed by atoms with Crippen LogP contribution < -0.4 is 0 Å². The third-order valence-electron chi connectivity index (χ3n) is 4.41. The zero-order chi connectivity index (χ0) is 15.2. The molecule has 0 aromatic heterocycles. The average Bonchev–Trinajstić information content (AvgIpc) is 2.44. The van der Waals surface area contributed by atoms with Gasteiger partial charge in [0.15, 0.2) is 0 Å². The molecule has 20 heavy (non-hydrogen) atoms. The minimum atomic E-state index is -1.14. The van der Waals surface area contributed by atoms with Crippen LogP contribution in [0.2, 0.25) is 12.5 Å². The van der Waals surface area contributed by atoms with E-state index in [4.69, 9.17) is 0 Å². The van der Waals surface area contributed by atoms with Crippen molar-refractivity contribution in [2.24, 2.45) is 0 Å². The van der Waals surface area contributed by atoms with Crippen molar-refractivity contribution in [2.75, 3.05) is 39.8 Å². The number of nitrogens with zero attached hydrogens (tertiary/aromatic N) is 2. The van der Waals surface area contributed by atoms with Crippen LogP contribution in [0.4, 0.5) is 0 Å². The summed E-state index contributed by atoms with van der Waals surface area (Å²) < 4.78 is 4.83. The van der Waals surface area contributed by atoms with E-state index in [1.807, 2.05) is 0 Å². The van der Waals surface area contributed by atoms with Crippen molar-refractivity contribution in [3.63, 3.8) is 0 Å². The molecule has 0 aliphatic rings. The van der Waals surface area contributed by atoms with E-state index in [-0.39, 0.29) is 0 Å². The van der Waals surface area contributed by atoms with Crippen LogP contribution in [0.5, 0.6) is 0 Å². The van der Waals surface area contributed by atoms with Gasteiger partial charge in [0.2, 0.25) is 0 Å². The molecule has 0 spiro atoms. The van der Waals surface area contributed by atoms with Gasteiger partial charge in [-0.2, -0.15) is 0 Å². The molecule has 2 nitrogen and oxygen atoms in total. The molecule has 0 aromatic rings. The number of hydrogen-bond acceptors (Lipinski definition) is 2. The molecule has 0 bridgehead atoms. The van der Waals surface area contributed by atoms with E-state index >= 15 is 0 Å². The van der Waals surface area contributed by atoms with E-state index in [9.17, 15) is 0 Å². The third-order valence-corrected chi connectivity index (χ3v) is 14.7. The van der Waals surface area contributed by atoms with Crippen molar-refractivity contribution in [3.05, 3.63) is 0 Å². The van der Waals surface area contributed by atoms with Gasteiger partial charge in [-0.25, -0.2) is 0 Å². The number of rotatable bonds is 14. The van der Waals surface area contributed by atoms with Gasteiger partial charge >= 0.3 is 137 Å². The Labute approximate surface area is 136 Å². The van der Waals surface area contributed by atoms with Gasteiger partial charge in [0.05, 0.1) is 0 Å². The standard InChI is InChI=1S/C8H18N.C7H16N.C2H5.In/c1-4-7-9(6-3)8-5-2;1-4-6-8(3)7-5-2;1-2;/h1,4-8H2,2-3H3;1,4-7H2,2-3H3;1H2,2H3;. The maximum atomic E-state index is 2.63. The molecular formula is C17H39InN2. The Balaban J connectivity index is 3.70. The van der Waals surface area contributed by atoms with Crippen LogP contribution in [-0.4, -0.2) is 71.0 Å². The van der Waals surface area contributed by atoms with Crippen LogP contribution >= 0.6 is 0 Å². The molecule has 0 saturated carbocycles. The average molecular weight is 386 g/mol. The van der Waals surface area contributed by atoms with Gasteiger partial charge in [0.1, 0.15) is 0 Å². The molecule has 0 radical (unpaired) electrons. The van der Waals surface area contributed by atoms with E-state index in [0.717, 1.165) is 0 Å². The van der Waals surface area contributed by atoms with Crippen molar-refractivity contribution in [2.45, 2.75) is 65.9 Å². The predicted molar refractivity (Wildman–Crippen MR) is 95.3 cm³/mol. The number of hydrogen-bond donors (Lipinski definition) is 0. The summed E-state index contributed by atoms with van der Waals surface area (Å²) >= 11 is -1.14. The summed E-state index contributed by atoms with van der Waals surface area (Å²) in [5.74, 6) is 0. The van der Waals surface area contributed by atoms with Crippen LogP contribution in [0, 0.1) is 0 Å². The van der Waals surface area contributed by atoms with E-state index in [2.05, 4.69) is 44.5 Å². The topological polar surface area (TPSA) is 6.48 Å². The monoisotopic (exact) mass is 386 g/mol. The maximum absolute atomic E-state index is 2.63. The quantitative estimate of drug-likeness (QED) is 0.438. The van der Waals surface area contributed by atoms with E-state index in [1.165, 1.54) is 58.4 Å². The molecule has 0 heterocycles.